The number of methoxy groups -OCH3 is 2. The molecule has 0 radical (unpaired) electrons. The lowest BCUT2D eigenvalue weighted by molar-refractivity contribution is -0.133. The number of aryl methyl sites for hydroxylation is 1. The Hall–Kier alpha value is -2.22. The summed E-state index contributed by atoms with van der Waals surface area (Å²) in [6.07, 6.45) is 2.28. The lowest BCUT2D eigenvalue weighted by Crippen LogP contribution is -2.48. The van der Waals surface area contributed by atoms with Crippen LogP contribution in [0.2, 0.25) is 0 Å². The molecule has 0 atom stereocenters. The molecule has 0 unspecified atom stereocenters. The van der Waals surface area contributed by atoms with Crippen LogP contribution in [0.15, 0.2) is 18.2 Å². The minimum Gasteiger partial charge on any atom is -0.497 e. The first kappa shape index (κ1) is 19.5. The second-order valence-corrected chi connectivity index (χ2v) is 7.53. The number of nitrogens with zero attached hydrogens (tertiary/aromatic N) is 2. The minimum absolute atomic E-state index is 0.0780. The minimum atomic E-state index is -0.156. The second kappa shape index (κ2) is 8.65. The number of imide groups is 1. The van der Waals surface area contributed by atoms with Gasteiger partial charge in [0.2, 0.25) is 11.8 Å². The van der Waals surface area contributed by atoms with Gasteiger partial charge in [0.05, 0.1) is 20.0 Å². The molecule has 7 nitrogen and oxygen atoms in total. The van der Waals surface area contributed by atoms with E-state index in [4.69, 9.17) is 9.47 Å². The van der Waals surface area contributed by atoms with E-state index < -0.39 is 0 Å². The van der Waals surface area contributed by atoms with E-state index in [0.29, 0.717) is 50.3 Å². The average Bonchev–Trinajstić information content (AvgIpc) is 3.04. The highest BCUT2D eigenvalue weighted by molar-refractivity contribution is 8.14. The smallest absolute Gasteiger partial charge is 0.289 e. The van der Waals surface area contributed by atoms with Gasteiger partial charge >= 0.3 is 0 Å². The number of thioether (sulfide) groups is 1. The van der Waals surface area contributed by atoms with Crippen molar-refractivity contribution in [1.29, 1.82) is 0 Å². The molecular weight excluding hydrogens is 368 g/mol. The SMILES string of the molecule is COc1ccc(CCC(=O)N2CCC(N3C(=O)CSC3=O)CC2)c(OC)c1. The molecule has 0 saturated carbocycles. The molecule has 2 saturated heterocycles. The van der Waals surface area contributed by atoms with E-state index in [1.165, 1.54) is 4.90 Å². The van der Waals surface area contributed by atoms with Gasteiger partial charge in [-0.25, -0.2) is 0 Å². The Morgan fingerprint density at radius 1 is 1.19 bits per heavy atom. The fourth-order valence-electron chi connectivity index (χ4n) is 3.55. The summed E-state index contributed by atoms with van der Waals surface area (Å²) in [6.45, 7) is 1.15. The maximum absolute atomic E-state index is 12.6. The van der Waals surface area contributed by atoms with Gasteiger partial charge in [0.1, 0.15) is 11.5 Å². The van der Waals surface area contributed by atoms with E-state index in [1.807, 2.05) is 23.1 Å². The van der Waals surface area contributed by atoms with Crippen LogP contribution in [0.3, 0.4) is 0 Å². The third kappa shape index (κ3) is 4.37. The van der Waals surface area contributed by atoms with E-state index in [1.54, 1.807) is 14.2 Å². The fourth-order valence-corrected chi connectivity index (χ4v) is 4.32. The largest absolute Gasteiger partial charge is 0.497 e. The predicted molar refractivity (Wildman–Crippen MR) is 102 cm³/mol. The monoisotopic (exact) mass is 392 g/mol. The Kier molecular flexibility index (Phi) is 6.26. The first-order valence-electron chi connectivity index (χ1n) is 9.01. The molecule has 0 spiro atoms. The molecule has 0 bridgehead atoms. The van der Waals surface area contributed by atoms with Gasteiger partial charge in [0.15, 0.2) is 0 Å². The number of likely N-dealkylation sites (tertiary alicyclic amines) is 1. The highest BCUT2D eigenvalue weighted by atomic mass is 32.2. The van der Waals surface area contributed by atoms with Crippen molar-refractivity contribution in [3.63, 3.8) is 0 Å². The van der Waals surface area contributed by atoms with Gasteiger partial charge in [-0.2, -0.15) is 0 Å². The summed E-state index contributed by atoms with van der Waals surface area (Å²) in [4.78, 5) is 39.4. The van der Waals surface area contributed by atoms with Crippen molar-refractivity contribution in [3.8, 4) is 11.5 Å². The van der Waals surface area contributed by atoms with E-state index in [2.05, 4.69) is 0 Å². The molecule has 1 aromatic carbocycles. The summed E-state index contributed by atoms with van der Waals surface area (Å²) in [5.74, 6) is 1.64. The van der Waals surface area contributed by atoms with Gasteiger partial charge in [-0.1, -0.05) is 17.8 Å². The predicted octanol–water partition coefficient (Wildman–Crippen LogP) is 2.32. The van der Waals surface area contributed by atoms with E-state index in [0.717, 1.165) is 17.3 Å². The van der Waals surface area contributed by atoms with Crippen LogP contribution in [-0.4, -0.2) is 66.0 Å². The molecule has 2 aliphatic heterocycles. The first-order chi connectivity index (χ1) is 13.0. The molecule has 0 aliphatic carbocycles. The van der Waals surface area contributed by atoms with Crippen molar-refractivity contribution in [2.24, 2.45) is 0 Å². The molecule has 0 aromatic heterocycles. The van der Waals surface area contributed by atoms with E-state index in [9.17, 15) is 14.4 Å². The normalized spacial score (nSPS) is 18.1. The summed E-state index contributed by atoms with van der Waals surface area (Å²) < 4.78 is 10.6. The van der Waals surface area contributed by atoms with Crippen molar-refractivity contribution in [2.45, 2.75) is 31.7 Å². The second-order valence-electron chi connectivity index (χ2n) is 6.61. The number of hydrogen-bond acceptors (Lipinski definition) is 6. The number of carbonyl (C=O) groups is 3. The third-order valence-corrected chi connectivity index (χ3v) is 5.90. The number of ether oxygens (including phenoxy) is 2. The van der Waals surface area contributed by atoms with Crippen LogP contribution in [-0.2, 0) is 16.0 Å². The molecule has 146 valence electrons. The number of amides is 3. The van der Waals surface area contributed by atoms with Gasteiger partial charge in [0.25, 0.3) is 5.24 Å². The van der Waals surface area contributed by atoms with Crippen molar-refractivity contribution in [1.82, 2.24) is 9.80 Å². The number of benzene rings is 1. The van der Waals surface area contributed by atoms with Crippen molar-refractivity contribution in [2.75, 3.05) is 33.1 Å². The van der Waals surface area contributed by atoms with Crippen LogP contribution in [0.5, 0.6) is 11.5 Å². The van der Waals surface area contributed by atoms with Crippen molar-refractivity contribution >= 4 is 28.8 Å². The quantitative estimate of drug-likeness (QED) is 0.740. The lowest BCUT2D eigenvalue weighted by Gasteiger charge is -2.35. The molecule has 2 aliphatic rings. The number of hydrogen-bond donors (Lipinski definition) is 0. The summed E-state index contributed by atoms with van der Waals surface area (Å²) in [7, 11) is 3.20. The van der Waals surface area contributed by atoms with Crippen LogP contribution in [0.1, 0.15) is 24.8 Å². The van der Waals surface area contributed by atoms with Crippen LogP contribution >= 0.6 is 11.8 Å². The molecule has 8 heteroatoms. The van der Waals surface area contributed by atoms with Crippen LogP contribution < -0.4 is 9.47 Å². The molecular formula is C19H24N2O5S. The summed E-state index contributed by atoms with van der Waals surface area (Å²) in [6, 6.07) is 5.51. The highest BCUT2D eigenvalue weighted by Crippen LogP contribution is 2.28. The Balaban J connectivity index is 1.51. The topological polar surface area (TPSA) is 76.2 Å². The van der Waals surface area contributed by atoms with Gasteiger partial charge in [0, 0.05) is 31.6 Å². The standard InChI is InChI=1S/C19H24N2O5S/c1-25-15-5-3-13(16(11-15)26-2)4-6-17(22)20-9-7-14(8-10-20)21-18(23)12-27-19(21)24/h3,5,11,14H,4,6-10,12H2,1-2H3. The summed E-state index contributed by atoms with van der Waals surface area (Å²) in [5.41, 5.74) is 0.965. The molecule has 2 fully saturated rings. The Morgan fingerprint density at radius 2 is 1.93 bits per heavy atom. The number of carbonyl (C=O) groups excluding carboxylic acids is 3. The Labute approximate surface area is 163 Å². The van der Waals surface area contributed by atoms with Gasteiger partial charge in [-0.3, -0.25) is 19.3 Å². The Bertz CT molecular complexity index is 715. The zero-order chi connectivity index (χ0) is 19.4. The molecule has 3 amide bonds. The summed E-state index contributed by atoms with van der Waals surface area (Å²) in [5, 5.41) is -0.156. The van der Waals surface area contributed by atoms with Gasteiger partial charge in [-0.15, -0.1) is 0 Å². The molecule has 0 N–H and O–H groups in total. The lowest BCUT2D eigenvalue weighted by atomic mass is 10.0. The third-order valence-electron chi connectivity index (χ3n) is 5.07. The summed E-state index contributed by atoms with van der Waals surface area (Å²) >= 11 is 1.06. The number of rotatable bonds is 6. The zero-order valence-corrected chi connectivity index (χ0v) is 16.4. The first-order valence-corrected chi connectivity index (χ1v) is 9.99. The molecule has 27 heavy (non-hydrogen) atoms. The van der Waals surface area contributed by atoms with Crippen molar-refractivity contribution < 1.29 is 23.9 Å². The van der Waals surface area contributed by atoms with E-state index in [-0.39, 0.29) is 28.8 Å². The average molecular weight is 392 g/mol. The molecule has 3 rings (SSSR count). The van der Waals surface area contributed by atoms with E-state index >= 15 is 0 Å². The molecule has 2 heterocycles. The maximum Gasteiger partial charge on any atom is 0.289 e. The maximum atomic E-state index is 12.6. The van der Waals surface area contributed by atoms with Gasteiger partial charge in [-0.05, 0) is 30.9 Å². The van der Waals surface area contributed by atoms with Crippen LogP contribution in [0.4, 0.5) is 4.79 Å². The van der Waals surface area contributed by atoms with Gasteiger partial charge < -0.3 is 14.4 Å². The number of piperidine rings is 1. The fraction of sp³-hybridized carbons (Fsp3) is 0.526. The Morgan fingerprint density at radius 3 is 2.52 bits per heavy atom. The van der Waals surface area contributed by atoms with Crippen LogP contribution in [0, 0.1) is 0 Å². The molecule has 1 aromatic rings. The van der Waals surface area contributed by atoms with Crippen molar-refractivity contribution in [3.05, 3.63) is 23.8 Å². The van der Waals surface area contributed by atoms with Crippen LogP contribution in [0.25, 0.3) is 0 Å². The zero-order valence-electron chi connectivity index (χ0n) is 15.6. The highest BCUT2D eigenvalue weighted by Gasteiger charge is 2.37.